The zero-order chi connectivity index (χ0) is 13.0. The van der Waals surface area contributed by atoms with Crippen LogP contribution in [-0.4, -0.2) is 24.0 Å². The molecule has 3 heteroatoms. The van der Waals surface area contributed by atoms with Crippen LogP contribution in [0.4, 0.5) is 0 Å². The molecule has 2 fully saturated rings. The van der Waals surface area contributed by atoms with Gasteiger partial charge in [-0.1, -0.05) is 26.2 Å². The first-order valence-electron chi connectivity index (χ1n) is 7.74. The molecule has 0 aromatic carbocycles. The van der Waals surface area contributed by atoms with Gasteiger partial charge in [0.15, 0.2) is 0 Å². The lowest BCUT2D eigenvalue weighted by molar-refractivity contribution is -0.128. The van der Waals surface area contributed by atoms with E-state index >= 15 is 0 Å². The highest BCUT2D eigenvalue weighted by molar-refractivity contribution is 5.86. The smallest absolute Gasteiger partial charge is 0.240 e. The van der Waals surface area contributed by atoms with Crippen LogP contribution in [0.25, 0.3) is 0 Å². The average molecular weight is 252 g/mol. The fraction of sp³-hybridized carbons (Fsp3) is 0.933. The lowest BCUT2D eigenvalue weighted by atomic mass is 9.89. The van der Waals surface area contributed by atoms with E-state index in [1.54, 1.807) is 0 Å². The molecule has 2 aliphatic rings. The topological polar surface area (TPSA) is 41.1 Å². The van der Waals surface area contributed by atoms with Gasteiger partial charge in [-0.25, -0.2) is 0 Å². The Morgan fingerprint density at radius 1 is 1.39 bits per heavy atom. The maximum atomic E-state index is 12.6. The summed E-state index contributed by atoms with van der Waals surface area (Å²) in [4.78, 5) is 12.6. The van der Waals surface area contributed by atoms with Gasteiger partial charge < -0.3 is 10.6 Å². The van der Waals surface area contributed by atoms with Gasteiger partial charge in [-0.2, -0.15) is 0 Å². The molecule has 1 saturated carbocycles. The third-order valence-corrected chi connectivity index (χ3v) is 4.82. The third-order valence-electron chi connectivity index (χ3n) is 4.82. The van der Waals surface area contributed by atoms with Gasteiger partial charge in [0.1, 0.15) is 0 Å². The molecule has 1 aliphatic carbocycles. The zero-order valence-corrected chi connectivity index (χ0v) is 11.9. The van der Waals surface area contributed by atoms with Gasteiger partial charge in [0.2, 0.25) is 5.91 Å². The molecule has 0 aromatic rings. The van der Waals surface area contributed by atoms with Crippen LogP contribution >= 0.6 is 0 Å². The van der Waals surface area contributed by atoms with E-state index in [4.69, 9.17) is 0 Å². The van der Waals surface area contributed by atoms with Crippen molar-refractivity contribution in [2.45, 2.75) is 76.8 Å². The van der Waals surface area contributed by atoms with E-state index in [1.165, 1.54) is 25.7 Å². The van der Waals surface area contributed by atoms with Crippen LogP contribution in [0, 0.1) is 5.92 Å². The Balaban J connectivity index is 1.92. The predicted octanol–water partition coefficient (Wildman–Crippen LogP) is 2.60. The molecule has 18 heavy (non-hydrogen) atoms. The first-order valence-corrected chi connectivity index (χ1v) is 7.74. The summed E-state index contributed by atoms with van der Waals surface area (Å²) in [6.45, 7) is 5.34. The summed E-state index contributed by atoms with van der Waals surface area (Å²) in [6, 6.07) is 0.344. The van der Waals surface area contributed by atoms with E-state index in [0.717, 1.165) is 32.2 Å². The van der Waals surface area contributed by atoms with E-state index in [1.807, 2.05) is 0 Å². The summed E-state index contributed by atoms with van der Waals surface area (Å²) in [6.07, 6.45) is 9.42. The second-order valence-electron chi connectivity index (χ2n) is 6.17. The number of hydrogen-bond donors (Lipinski definition) is 2. The highest BCUT2D eigenvalue weighted by Gasteiger charge is 2.40. The van der Waals surface area contributed by atoms with Crippen molar-refractivity contribution in [3.05, 3.63) is 0 Å². The molecular weight excluding hydrogens is 224 g/mol. The van der Waals surface area contributed by atoms with Crippen molar-refractivity contribution in [3.63, 3.8) is 0 Å². The monoisotopic (exact) mass is 252 g/mol. The van der Waals surface area contributed by atoms with E-state index in [-0.39, 0.29) is 11.4 Å². The standard InChI is InChI=1S/C15H28N2O/c1-3-9-15(10-6-11-16-15)14(18)17-12(2)13-7-4-5-8-13/h12-13,16H,3-11H2,1-2H3,(H,17,18). The normalized spacial score (nSPS) is 30.6. The van der Waals surface area contributed by atoms with Crippen LogP contribution in [0.1, 0.15) is 65.2 Å². The highest BCUT2D eigenvalue weighted by atomic mass is 16.2. The highest BCUT2D eigenvalue weighted by Crippen LogP contribution is 2.29. The van der Waals surface area contributed by atoms with Gasteiger partial charge in [-0.3, -0.25) is 4.79 Å². The van der Waals surface area contributed by atoms with Crippen LogP contribution in [-0.2, 0) is 4.79 Å². The lowest BCUT2D eigenvalue weighted by Gasteiger charge is -2.31. The molecule has 0 spiro atoms. The molecule has 104 valence electrons. The molecule has 0 aromatic heterocycles. The first-order chi connectivity index (χ1) is 8.68. The minimum atomic E-state index is -0.262. The molecule has 2 rings (SSSR count). The van der Waals surface area contributed by atoms with Crippen LogP contribution < -0.4 is 10.6 Å². The number of nitrogens with one attached hydrogen (secondary N) is 2. The van der Waals surface area contributed by atoms with Crippen molar-refractivity contribution in [1.82, 2.24) is 10.6 Å². The van der Waals surface area contributed by atoms with Crippen LogP contribution in [0.15, 0.2) is 0 Å². The Morgan fingerprint density at radius 3 is 2.67 bits per heavy atom. The molecule has 1 aliphatic heterocycles. The van der Waals surface area contributed by atoms with Gasteiger partial charge in [0.05, 0.1) is 5.54 Å². The Kier molecular flexibility index (Phi) is 4.66. The summed E-state index contributed by atoms with van der Waals surface area (Å²) in [5.74, 6) is 0.954. The maximum Gasteiger partial charge on any atom is 0.240 e. The summed E-state index contributed by atoms with van der Waals surface area (Å²) in [5.41, 5.74) is -0.262. The minimum Gasteiger partial charge on any atom is -0.352 e. The fourth-order valence-electron chi connectivity index (χ4n) is 3.67. The SMILES string of the molecule is CCCC1(C(=O)NC(C)C2CCCC2)CCCN1. The Bertz CT molecular complexity index is 278. The molecule has 2 unspecified atom stereocenters. The second kappa shape index (κ2) is 6.05. The molecule has 1 heterocycles. The van der Waals surface area contributed by atoms with Crippen LogP contribution in [0.5, 0.6) is 0 Å². The molecule has 3 nitrogen and oxygen atoms in total. The van der Waals surface area contributed by atoms with Crippen molar-refractivity contribution in [2.75, 3.05) is 6.54 Å². The van der Waals surface area contributed by atoms with E-state index < -0.39 is 0 Å². The van der Waals surface area contributed by atoms with Gasteiger partial charge in [0.25, 0.3) is 0 Å². The maximum absolute atomic E-state index is 12.6. The number of carbonyl (C=O) groups excluding carboxylic acids is 1. The van der Waals surface area contributed by atoms with Gasteiger partial charge in [-0.05, 0) is 51.5 Å². The Hall–Kier alpha value is -0.570. The van der Waals surface area contributed by atoms with Crippen molar-refractivity contribution >= 4 is 5.91 Å². The largest absolute Gasteiger partial charge is 0.352 e. The molecular formula is C15H28N2O. The van der Waals surface area contributed by atoms with Crippen LogP contribution in [0.3, 0.4) is 0 Å². The van der Waals surface area contributed by atoms with Crippen molar-refractivity contribution in [1.29, 1.82) is 0 Å². The van der Waals surface area contributed by atoms with Crippen molar-refractivity contribution in [3.8, 4) is 0 Å². The predicted molar refractivity (Wildman–Crippen MR) is 74.4 cm³/mol. The number of hydrogen-bond acceptors (Lipinski definition) is 2. The molecule has 2 atom stereocenters. The van der Waals surface area contributed by atoms with Crippen molar-refractivity contribution in [2.24, 2.45) is 5.92 Å². The minimum absolute atomic E-state index is 0.251. The van der Waals surface area contributed by atoms with Gasteiger partial charge in [-0.15, -0.1) is 0 Å². The summed E-state index contributed by atoms with van der Waals surface area (Å²) < 4.78 is 0. The number of amides is 1. The third kappa shape index (κ3) is 2.87. The molecule has 2 N–H and O–H groups in total. The molecule has 0 radical (unpaired) electrons. The summed E-state index contributed by atoms with van der Waals surface area (Å²) >= 11 is 0. The van der Waals surface area contributed by atoms with Crippen LogP contribution in [0.2, 0.25) is 0 Å². The lowest BCUT2D eigenvalue weighted by Crippen LogP contribution is -2.56. The Morgan fingerprint density at radius 2 is 2.11 bits per heavy atom. The van der Waals surface area contributed by atoms with Crippen molar-refractivity contribution < 1.29 is 4.79 Å². The number of carbonyl (C=O) groups is 1. The molecule has 1 saturated heterocycles. The zero-order valence-electron chi connectivity index (χ0n) is 11.9. The average Bonchev–Trinajstić information content (AvgIpc) is 3.00. The van der Waals surface area contributed by atoms with E-state index in [2.05, 4.69) is 24.5 Å². The Labute approximate surface area is 111 Å². The van der Waals surface area contributed by atoms with Gasteiger partial charge in [0, 0.05) is 6.04 Å². The quantitative estimate of drug-likeness (QED) is 0.789. The fourth-order valence-corrected chi connectivity index (χ4v) is 3.67. The summed E-state index contributed by atoms with van der Waals surface area (Å²) in [5, 5.41) is 6.74. The summed E-state index contributed by atoms with van der Waals surface area (Å²) in [7, 11) is 0. The second-order valence-corrected chi connectivity index (χ2v) is 6.17. The molecule has 0 bridgehead atoms. The van der Waals surface area contributed by atoms with E-state index in [9.17, 15) is 4.79 Å². The van der Waals surface area contributed by atoms with Gasteiger partial charge >= 0.3 is 0 Å². The molecule has 1 amide bonds. The number of rotatable bonds is 5. The van der Waals surface area contributed by atoms with E-state index in [0.29, 0.717) is 12.0 Å². The first kappa shape index (κ1) is 13.9.